The van der Waals surface area contributed by atoms with E-state index in [0.717, 1.165) is 94.1 Å². The second-order valence-electron chi connectivity index (χ2n) is 10.4. The van der Waals surface area contributed by atoms with Gasteiger partial charge in [-0.05, 0) is 47.4 Å². The predicted octanol–water partition coefficient (Wildman–Crippen LogP) is 3.18. The van der Waals surface area contributed by atoms with Crippen molar-refractivity contribution in [3.05, 3.63) is 86.3 Å². The average molecular weight is 549 g/mol. The highest BCUT2D eigenvalue weighted by molar-refractivity contribution is 6.30. The van der Waals surface area contributed by atoms with Crippen LogP contribution in [0.4, 0.5) is 0 Å². The van der Waals surface area contributed by atoms with Gasteiger partial charge in [0.05, 0.1) is 31.9 Å². The van der Waals surface area contributed by atoms with Crippen LogP contribution in [-0.2, 0) is 29.0 Å². The number of pyridine rings is 1. The Hall–Kier alpha value is -3.01. The minimum absolute atomic E-state index is 0.150. The molecule has 1 amide bonds. The quantitative estimate of drug-likeness (QED) is 0.364. The molecule has 2 aliphatic rings. The molecule has 39 heavy (non-hydrogen) atoms. The number of hydrogen-bond donors (Lipinski definition) is 1. The van der Waals surface area contributed by atoms with Gasteiger partial charge in [0.1, 0.15) is 5.56 Å². The lowest BCUT2D eigenvalue weighted by Gasteiger charge is -2.27. The number of nitrogens with one attached hydrogen (secondary N) is 1. The molecular formula is C30H33ClN4O4. The molecule has 0 saturated carbocycles. The number of rotatable bonds is 8. The average Bonchev–Trinajstić information content (AvgIpc) is 3.32. The molecule has 0 radical (unpaired) electrons. The first-order chi connectivity index (χ1) is 19.0. The normalized spacial score (nSPS) is 17.3. The highest BCUT2D eigenvalue weighted by atomic mass is 35.5. The van der Waals surface area contributed by atoms with Gasteiger partial charge >= 0.3 is 0 Å². The standard InChI is InChI=1S/C30H33ClN4O4/c31-24-3-1-21(2-4-24)17-32-30(37)27-20-35-19-23(5-6-33-7-11-38-12-8-33)25-15-22(16-26(28(25)35)29(27)36)18-34-9-13-39-14-10-34/h1-4,15-16,19-20H,5-14,17-18H2,(H,32,37). The van der Waals surface area contributed by atoms with Crippen molar-refractivity contribution < 1.29 is 14.3 Å². The number of carbonyl (C=O) groups is 1. The van der Waals surface area contributed by atoms with Crippen molar-refractivity contribution in [2.75, 3.05) is 59.2 Å². The first-order valence-electron chi connectivity index (χ1n) is 13.6. The van der Waals surface area contributed by atoms with Crippen molar-refractivity contribution in [1.82, 2.24) is 19.5 Å². The van der Waals surface area contributed by atoms with Crippen molar-refractivity contribution in [2.24, 2.45) is 0 Å². The minimum atomic E-state index is -0.379. The Morgan fingerprint density at radius 1 is 0.872 bits per heavy atom. The Morgan fingerprint density at radius 3 is 2.26 bits per heavy atom. The molecule has 2 aliphatic heterocycles. The van der Waals surface area contributed by atoms with Crippen LogP contribution in [0.1, 0.15) is 27.0 Å². The Balaban J connectivity index is 1.34. The highest BCUT2D eigenvalue weighted by Gasteiger charge is 2.21. The molecular weight excluding hydrogens is 516 g/mol. The first kappa shape index (κ1) is 26.2. The Kier molecular flexibility index (Phi) is 7.81. The zero-order valence-electron chi connectivity index (χ0n) is 22.0. The fraction of sp³-hybridized carbons (Fsp3) is 0.400. The molecule has 0 bridgehead atoms. The maximum Gasteiger partial charge on any atom is 0.257 e. The van der Waals surface area contributed by atoms with E-state index in [9.17, 15) is 9.59 Å². The molecule has 0 spiro atoms. The topological polar surface area (TPSA) is 75.5 Å². The first-order valence-corrected chi connectivity index (χ1v) is 14.0. The summed E-state index contributed by atoms with van der Waals surface area (Å²) in [5.74, 6) is -0.379. The fourth-order valence-electron chi connectivity index (χ4n) is 5.59. The minimum Gasteiger partial charge on any atom is -0.379 e. The summed E-state index contributed by atoms with van der Waals surface area (Å²) in [6.45, 7) is 8.55. The van der Waals surface area contributed by atoms with E-state index in [1.165, 1.54) is 5.56 Å². The van der Waals surface area contributed by atoms with E-state index in [1.54, 1.807) is 18.3 Å². The smallest absolute Gasteiger partial charge is 0.257 e. The molecule has 2 fully saturated rings. The number of nitrogens with zero attached hydrogens (tertiary/aromatic N) is 3. The SMILES string of the molecule is O=C(NCc1ccc(Cl)cc1)c1cn2cc(CCN3CCOCC3)c3cc(CN4CCOCC4)cc(c1=O)c32. The number of carbonyl (C=O) groups excluding carboxylic acids is 1. The van der Waals surface area contributed by atoms with Crippen molar-refractivity contribution in [1.29, 1.82) is 0 Å². The molecule has 4 aromatic rings. The van der Waals surface area contributed by atoms with Crippen LogP contribution in [0, 0.1) is 0 Å². The van der Waals surface area contributed by atoms with Crippen LogP contribution in [0.25, 0.3) is 16.3 Å². The third-order valence-corrected chi connectivity index (χ3v) is 8.00. The van der Waals surface area contributed by atoms with E-state index in [4.69, 9.17) is 21.1 Å². The summed E-state index contributed by atoms with van der Waals surface area (Å²) in [6.07, 6.45) is 4.64. The van der Waals surface area contributed by atoms with E-state index in [0.29, 0.717) is 17.0 Å². The van der Waals surface area contributed by atoms with Gasteiger partial charge in [-0.3, -0.25) is 19.4 Å². The van der Waals surface area contributed by atoms with Crippen molar-refractivity contribution in [2.45, 2.75) is 19.5 Å². The fourth-order valence-corrected chi connectivity index (χ4v) is 5.72. The number of aromatic nitrogens is 1. The number of halogens is 1. The molecule has 4 heterocycles. The molecule has 0 aliphatic carbocycles. The number of morpholine rings is 2. The van der Waals surface area contributed by atoms with E-state index in [2.05, 4.69) is 27.4 Å². The molecule has 9 heteroatoms. The van der Waals surface area contributed by atoms with E-state index < -0.39 is 0 Å². The van der Waals surface area contributed by atoms with Crippen LogP contribution in [-0.4, -0.2) is 79.3 Å². The number of benzene rings is 2. The lowest BCUT2D eigenvalue weighted by Crippen LogP contribution is -2.37. The maximum atomic E-state index is 13.7. The Morgan fingerprint density at radius 2 is 1.54 bits per heavy atom. The largest absolute Gasteiger partial charge is 0.379 e. The molecule has 0 atom stereocenters. The zero-order chi connectivity index (χ0) is 26.8. The number of hydrogen-bond acceptors (Lipinski definition) is 6. The second kappa shape index (κ2) is 11.6. The predicted molar refractivity (Wildman–Crippen MR) is 152 cm³/mol. The Labute approximate surface area is 232 Å². The molecule has 2 saturated heterocycles. The van der Waals surface area contributed by atoms with Crippen LogP contribution in [0.5, 0.6) is 0 Å². The van der Waals surface area contributed by atoms with Gasteiger partial charge in [0.2, 0.25) is 5.43 Å². The summed E-state index contributed by atoms with van der Waals surface area (Å²) in [5.41, 5.74) is 3.99. The van der Waals surface area contributed by atoms with Gasteiger partial charge in [-0.15, -0.1) is 0 Å². The highest BCUT2D eigenvalue weighted by Crippen LogP contribution is 2.28. The van der Waals surface area contributed by atoms with Gasteiger partial charge in [-0.2, -0.15) is 0 Å². The van der Waals surface area contributed by atoms with Crippen molar-refractivity contribution in [3.63, 3.8) is 0 Å². The second-order valence-corrected chi connectivity index (χ2v) is 10.8. The van der Waals surface area contributed by atoms with Gasteiger partial charge in [-0.25, -0.2) is 0 Å². The third kappa shape index (κ3) is 5.81. The van der Waals surface area contributed by atoms with E-state index in [-0.39, 0.29) is 16.9 Å². The maximum absolute atomic E-state index is 13.7. The van der Waals surface area contributed by atoms with Crippen LogP contribution in [0.3, 0.4) is 0 Å². The van der Waals surface area contributed by atoms with E-state index in [1.807, 2.05) is 22.6 Å². The molecule has 6 rings (SSSR count). The van der Waals surface area contributed by atoms with Crippen molar-refractivity contribution >= 4 is 33.8 Å². The van der Waals surface area contributed by atoms with Gasteiger partial charge in [-0.1, -0.05) is 23.7 Å². The third-order valence-electron chi connectivity index (χ3n) is 7.75. The monoisotopic (exact) mass is 548 g/mol. The summed E-state index contributed by atoms with van der Waals surface area (Å²) >= 11 is 5.98. The van der Waals surface area contributed by atoms with Gasteiger partial charge in [0.15, 0.2) is 0 Å². The number of amides is 1. The molecule has 204 valence electrons. The summed E-state index contributed by atoms with van der Waals surface area (Å²) in [4.78, 5) is 31.8. The summed E-state index contributed by atoms with van der Waals surface area (Å²) in [6, 6.07) is 11.5. The van der Waals surface area contributed by atoms with Gasteiger partial charge < -0.3 is 19.2 Å². The van der Waals surface area contributed by atoms with E-state index >= 15 is 0 Å². The Bertz CT molecular complexity index is 1510. The van der Waals surface area contributed by atoms with Crippen LogP contribution in [0.15, 0.2) is 53.6 Å². The van der Waals surface area contributed by atoms with Crippen LogP contribution in [0.2, 0.25) is 5.02 Å². The summed E-state index contributed by atoms with van der Waals surface area (Å²) < 4.78 is 13.0. The van der Waals surface area contributed by atoms with Crippen LogP contribution >= 0.6 is 11.6 Å². The van der Waals surface area contributed by atoms with Crippen molar-refractivity contribution in [3.8, 4) is 0 Å². The molecule has 2 aromatic heterocycles. The summed E-state index contributed by atoms with van der Waals surface area (Å²) in [7, 11) is 0. The molecule has 1 N–H and O–H groups in total. The van der Waals surface area contributed by atoms with Gasteiger partial charge in [0, 0.05) is 74.0 Å². The van der Waals surface area contributed by atoms with Gasteiger partial charge in [0.25, 0.3) is 5.91 Å². The number of ether oxygens (including phenoxy) is 2. The zero-order valence-corrected chi connectivity index (χ0v) is 22.7. The molecule has 2 aromatic carbocycles. The molecule has 8 nitrogen and oxygen atoms in total. The van der Waals surface area contributed by atoms with Crippen LogP contribution < -0.4 is 10.7 Å². The lowest BCUT2D eigenvalue weighted by atomic mass is 10.0. The summed E-state index contributed by atoms with van der Waals surface area (Å²) in [5, 5.41) is 5.23. The lowest BCUT2D eigenvalue weighted by molar-refractivity contribution is 0.0342. The molecule has 0 unspecified atom stereocenters.